The summed E-state index contributed by atoms with van der Waals surface area (Å²) in [6.45, 7) is 0. The molecule has 8 heteroatoms. The second-order valence-electron chi connectivity index (χ2n) is 5.42. The van der Waals surface area contributed by atoms with Crippen LogP contribution < -0.4 is 14.2 Å². The molecule has 0 amide bonds. The first kappa shape index (κ1) is 17.7. The van der Waals surface area contributed by atoms with Crippen LogP contribution in [0.25, 0.3) is 6.08 Å². The summed E-state index contributed by atoms with van der Waals surface area (Å²) in [6.07, 6.45) is -6.40. The molecule has 26 heavy (non-hydrogen) atoms. The number of methoxy groups -OCH3 is 1. The number of halogens is 3. The van der Waals surface area contributed by atoms with Gasteiger partial charge >= 0.3 is 12.1 Å². The fourth-order valence-electron chi connectivity index (χ4n) is 2.44. The van der Waals surface area contributed by atoms with Crippen LogP contribution in [0.2, 0.25) is 0 Å². The molecule has 0 spiro atoms. The van der Waals surface area contributed by atoms with Crippen molar-refractivity contribution >= 4 is 12.0 Å². The molecule has 2 aromatic rings. The smallest absolute Gasteiger partial charge is 0.430 e. The topological polar surface area (TPSA) is 65.0 Å². The third kappa shape index (κ3) is 3.58. The minimum Gasteiger partial charge on any atom is -0.497 e. The highest BCUT2D eigenvalue weighted by Crippen LogP contribution is 2.39. The predicted octanol–water partition coefficient (Wildman–Crippen LogP) is 4.28. The van der Waals surface area contributed by atoms with Crippen molar-refractivity contribution < 1.29 is 37.3 Å². The molecule has 0 fully saturated rings. The minimum atomic E-state index is -4.83. The fraction of sp³-hybridized carbons (Fsp3) is 0.167. The number of rotatable bonds is 4. The first-order chi connectivity index (χ1) is 12.3. The zero-order valence-electron chi connectivity index (χ0n) is 13.4. The highest BCUT2D eigenvalue weighted by atomic mass is 19.4. The van der Waals surface area contributed by atoms with Gasteiger partial charge in [0.25, 0.3) is 0 Å². The van der Waals surface area contributed by atoms with Crippen molar-refractivity contribution in [2.45, 2.75) is 12.3 Å². The van der Waals surface area contributed by atoms with Gasteiger partial charge in [0.1, 0.15) is 23.0 Å². The molecule has 1 atom stereocenters. The largest absolute Gasteiger partial charge is 0.497 e. The van der Waals surface area contributed by atoms with Gasteiger partial charge in [0.15, 0.2) is 0 Å². The Morgan fingerprint density at radius 2 is 1.69 bits per heavy atom. The van der Waals surface area contributed by atoms with E-state index in [9.17, 15) is 18.0 Å². The van der Waals surface area contributed by atoms with Gasteiger partial charge in [0.2, 0.25) is 6.10 Å². The standard InChI is InChI=1S/C18H13F3O5/c1-24-11-2-4-12(5-3-11)25-13-6-7-15-10(8-13)9-14(17(22)23)16(26-15)18(19,20)21/h2-9,16H,1H3,(H,22,23). The second-order valence-corrected chi connectivity index (χ2v) is 5.42. The molecule has 0 aliphatic carbocycles. The maximum atomic E-state index is 13.0. The van der Waals surface area contributed by atoms with Gasteiger partial charge in [-0.05, 0) is 48.5 Å². The number of hydrogen-bond acceptors (Lipinski definition) is 4. The Bertz CT molecular complexity index is 856. The summed E-state index contributed by atoms with van der Waals surface area (Å²) in [5, 5.41) is 9.06. The van der Waals surface area contributed by atoms with E-state index in [2.05, 4.69) is 0 Å². The van der Waals surface area contributed by atoms with Crippen LogP contribution >= 0.6 is 0 Å². The number of alkyl halides is 3. The number of benzene rings is 2. The maximum absolute atomic E-state index is 13.0. The van der Waals surface area contributed by atoms with Crippen molar-refractivity contribution in [2.75, 3.05) is 7.11 Å². The summed E-state index contributed by atoms with van der Waals surface area (Å²) in [4.78, 5) is 11.2. The van der Waals surface area contributed by atoms with Gasteiger partial charge in [-0.15, -0.1) is 0 Å². The Labute approximate surface area is 146 Å². The molecule has 1 aliphatic heterocycles. The van der Waals surface area contributed by atoms with E-state index in [1.165, 1.54) is 25.3 Å². The van der Waals surface area contributed by atoms with Crippen LogP contribution in [-0.2, 0) is 4.79 Å². The molecule has 0 radical (unpaired) electrons. The maximum Gasteiger partial charge on any atom is 0.430 e. The summed E-state index contributed by atoms with van der Waals surface area (Å²) in [6, 6.07) is 10.9. The van der Waals surface area contributed by atoms with E-state index in [4.69, 9.17) is 19.3 Å². The van der Waals surface area contributed by atoms with Gasteiger partial charge in [0, 0.05) is 5.56 Å². The van der Waals surface area contributed by atoms with Gasteiger partial charge in [0.05, 0.1) is 12.7 Å². The summed E-state index contributed by atoms with van der Waals surface area (Å²) in [7, 11) is 1.53. The van der Waals surface area contributed by atoms with E-state index in [1.54, 1.807) is 24.3 Å². The van der Waals surface area contributed by atoms with Gasteiger partial charge in [-0.2, -0.15) is 13.2 Å². The van der Waals surface area contributed by atoms with Crippen molar-refractivity contribution in [3.05, 3.63) is 53.6 Å². The average Bonchev–Trinajstić information content (AvgIpc) is 2.60. The SMILES string of the molecule is COc1ccc(Oc2ccc3c(c2)C=C(C(=O)O)C(C(F)(F)F)O3)cc1. The van der Waals surface area contributed by atoms with E-state index in [0.717, 1.165) is 6.08 Å². The molecule has 1 unspecified atom stereocenters. The summed E-state index contributed by atoms with van der Waals surface area (Å²) >= 11 is 0. The summed E-state index contributed by atoms with van der Waals surface area (Å²) < 4.78 is 54.6. The lowest BCUT2D eigenvalue weighted by Crippen LogP contribution is -2.40. The first-order valence-corrected chi connectivity index (χ1v) is 7.42. The van der Waals surface area contributed by atoms with Crippen LogP contribution in [0.3, 0.4) is 0 Å². The van der Waals surface area contributed by atoms with Gasteiger partial charge < -0.3 is 19.3 Å². The zero-order chi connectivity index (χ0) is 18.9. The summed E-state index contributed by atoms with van der Waals surface area (Å²) in [5.41, 5.74) is -0.694. The molecule has 136 valence electrons. The van der Waals surface area contributed by atoms with Crippen molar-refractivity contribution in [3.8, 4) is 23.0 Å². The van der Waals surface area contributed by atoms with Gasteiger partial charge in [-0.25, -0.2) is 4.79 Å². The molecule has 3 rings (SSSR count). The molecule has 1 N–H and O–H groups in total. The average molecular weight is 366 g/mol. The van der Waals surface area contributed by atoms with Crippen LogP contribution in [-0.4, -0.2) is 30.5 Å². The van der Waals surface area contributed by atoms with E-state index < -0.39 is 23.8 Å². The predicted molar refractivity (Wildman–Crippen MR) is 85.6 cm³/mol. The summed E-state index contributed by atoms with van der Waals surface area (Å²) in [5.74, 6) is -0.315. The van der Waals surface area contributed by atoms with Gasteiger partial charge in [-0.3, -0.25) is 0 Å². The fourth-order valence-corrected chi connectivity index (χ4v) is 2.44. The lowest BCUT2D eigenvalue weighted by Gasteiger charge is -2.27. The molecular formula is C18H13F3O5. The molecule has 1 heterocycles. The van der Waals surface area contributed by atoms with Crippen molar-refractivity contribution in [1.29, 1.82) is 0 Å². The highest BCUT2D eigenvalue weighted by molar-refractivity contribution is 5.95. The third-order valence-electron chi connectivity index (χ3n) is 3.66. The minimum absolute atomic E-state index is 0.0700. The molecule has 1 aliphatic rings. The monoisotopic (exact) mass is 366 g/mol. The molecule has 2 aromatic carbocycles. The van der Waals surface area contributed by atoms with E-state index >= 15 is 0 Å². The lowest BCUT2D eigenvalue weighted by atomic mass is 10.0. The zero-order valence-corrected chi connectivity index (χ0v) is 13.4. The second kappa shape index (κ2) is 6.62. The number of aliphatic carboxylic acids is 1. The Morgan fingerprint density at radius 3 is 2.27 bits per heavy atom. The van der Waals surface area contributed by atoms with Crippen molar-refractivity contribution in [2.24, 2.45) is 0 Å². The molecule has 0 saturated carbocycles. The molecule has 0 aromatic heterocycles. The van der Waals surface area contributed by atoms with Crippen LogP contribution in [0, 0.1) is 0 Å². The van der Waals surface area contributed by atoms with Gasteiger partial charge in [-0.1, -0.05) is 0 Å². The van der Waals surface area contributed by atoms with Crippen LogP contribution in [0.5, 0.6) is 23.0 Å². The Balaban J connectivity index is 1.90. The third-order valence-corrected chi connectivity index (χ3v) is 3.66. The highest BCUT2D eigenvalue weighted by Gasteiger charge is 2.48. The number of ether oxygens (including phenoxy) is 3. The number of carboxylic acid groups (broad SMARTS) is 1. The van der Waals surface area contributed by atoms with Crippen LogP contribution in [0.4, 0.5) is 13.2 Å². The lowest BCUT2D eigenvalue weighted by molar-refractivity contribution is -0.187. The van der Waals surface area contributed by atoms with E-state index in [-0.39, 0.29) is 11.3 Å². The Morgan fingerprint density at radius 1 is 1.08 bits per heavy atom. The number of fused-ring (bicyclic) bond motifs is 1. The Hall–Kier alpha value is -3.16. The van der Waals surface area contributed by atoms with E-state index in [1.807, 2.05) is 0 Å². The van der Waals surface area contributed by atoms with Crippen molar-refractivity contribution in [1.82, 2.24) is 0 Å². The number of carbonyl (C=O) groups is 1. The molecular weight excluding hydrogens is 353 g/mol. The van der Waals surface area contributed by atoms with E-state index in [0.29, 0.717) is 17.2 Å². The number of hydrogen-bond donors (Lipinski definition) is 1. The molecule has 0 saturated heterocycles. The first-order valence-electron chi connectivity index (χ1n) is 7.42. The van der Waals surface area contributed by atoms with Crippen LogP contribution in [0.15, 0.2) is 48.0 Å². The number of carboxylic acids is 1. The normalized spacial score (nSPS) is 16.2. The molecule has 5 nitrogen and oxygen atoms in total. The molecule has 0 bridgehead atoms. The quantitative estimate of drug-likeness (QED) is 0.875. The van der Waals surface area contributed by atoms with Crippen molar-refractivity contribution in [3.63, 3.8) is 0 Å². The van der Waals surface area contributed by atoms with Crippen LogP contribution in [0.1, 0.15) is 5.56 Å². The Kier molecular flexibility index (Phi) is 4.50.